The van der Waals surface area contributed by atoms with Crippen molar-refractivity contribution in [1.29, 1.82) is 0 Å². The van der Waals surface area contributed by atoms with Crippen LogP contribution in [0.5, 0.6) is 5.75 Å². The first-order valence-corrected chi connectivity index (χ1v) is 8.80. The zero-order valence-corrected chi connectivity index (χ0v) is 14.4. The van der Waals surface area contributed by atoms with Gasteiger partial charge < -0.3 is 14.6 Å². The van der Waals surface area contributed by atoms with Crippen molar-refractivity contribution in [3.8, 4) is 16.9 Å². The molecule has 0 fully saturated rings. The Labute approximate surface area is 143 Å². The Kier molecular flexibility index (Phi) is 4.03. The summed E-state index contributed by atoms with van der Waals surface area (Å²) in [6.07, 6.45) is 2.11. The maximum atomic E-state index is 5.38. The van der Waals surface area contributed by atoms with Gasteiger partial charge in [-0.05, 0) is 53.4 Å². The van der Waals surface area contributed by atoms with Gasteiger partial charge in [0.15, 0.2) is 0 Å². The Balaban J connectivity index is 1.81. The highest BCUT2D eigenvalue weighted by Gasteiger charge is 2.13. The molecule has 1 aliphatic heterocycles. The number of rotatable bonds is 3. The van der Waals surface area contributed by atoms with Gasteiger partial charge in [0.25, 0.3) is 0 Å². The number of nitrogens with one attached hydrogen (secondary N) is 1. The van der Waals surface area contributed by atoms with Gasteiger partial charge in [-0.1, -0.05) is 19.1 Å². The van der Waals surface area contributed by atoms with Crippen molar-refractivity contribution in [1.82, 2.24) is 9.88 Å². The summed E-state index contributed by atoms with van der Waals surface area (Å²) < 4.78 is 7.84. The summed E-state index contributed by atoms with van der Waals surface area (Å²) in [6, 6.07) is 15.6. The molecule has 1 N–H and O–H groups in total. The molecule has 0 amide bonds. The molecule has 4 rings (SSSR count). The molecule has 0 unspecified atom stereocenters. The van der Waals surface area contributed by atoms with Crippen LogP contribution in [0.4, 0.5) is 0 Å². The predicted octanol–water partition coefficient (Wildman–Crippen LogP) is 4.03. The number of ether oxygens (including phenoxy) is 1. The molecule has 0 radical (unpaired) electrons. The van der Waals surface area contributed by atoms with Crippen LogP contribution in [0.15, 0.2) is 42.5 Å². The molecule has 3 aromatic rings. The van der Waals surface area contributed by atoms with Gasteiger partial charge >= 0.3 is 0 Å². The number of methoxy groups -OCH3 is 1. The standard InChI is InChI=1S/C21H24N2O/c1-3-15-14-19(24-2)5-6-20(15)16-4-7-21-17(12-16)13-18-8-9-22-10-11-23(18)21/h4-7,12-14,22H,3,8-11H2,1-2H3. The van der Waals surface area contributed by atoms with Crippen molar-refractivity contribution in [2.75, 3.05) is 20.2 Å². The Morgan fingerprint density at radius 1 is 1.08 bits per heavy atom. The lowest BCUT2D eigenvalue weighted by atomic mass is 9.97. The summed E-state index contributed by atoms with van der Waals surface area (Å²) in [4.78, 5) is 0. The molecule has 0 aliphatic carbocycles. The number of hydrogen-bond acceptors (Lipinski definition) is 2. The molecule has 24 heavy (non-hydrogen) atoms. The van der Waals surface area contributed by atoms with Gasteiger partial charge in [-0.2, -0.15) is 0 Å². The van der Waals surface area contributed by atoms with Crippen molar-refractivity contribution in [3.05, 3.63) is 53.7 Å². The lowest BCUT2D eigenvalue weighted by Crippen LogP contribution is -2.17. The zero-order chi connectivity index (χ0) is 16.5. The molecule has 3 heteroatoms. The second-order valence-corrected chi connectivity index (χ2v) is 6.44. The first-order valence-electron chi connectivity index (χ1n) is 8.80. The highest BCUT2D eigenvalue weighted by Crippen LogP contribution is 2.31. The summed E-state index contributed by atoms with van der Waals surface area (Å²) in [5.74, 6) is 0.930. The molecule has 0 atom stereocenters. The summed E-state index contributed by atoms with van der Waals surface area (Å²) in [5.41, 5.74) is 6.73. The monoisotopic (exact) mass is 320 g/mol. The smallest absolute Gasteiger partial charge is 0.119 e. The molecule has 3 nitrogen and oxygen atoms in total. The summed E-state index contributed by atoms with van der Waals surface area (Å²) in [5, 5.41) is 4.82. The van der Waals surface area contributed by atoms with Gasteiger partial charge in [-0.3, -0.25) is 0 Å². The van der Waals surface area contributed by atoms with Gasteiger partial charge in [0.2, 0.25) is 0 Å². The average Bonchev–Trinajstić information content (AvgIpc) is 2.81. The molecular formula is C21H24N2O. The third-order valence-electron chi connectivity index (χ3n) is 5.06. The fourth-order valence-electron chi connectivity index (χ4n) is 3.77. The van der Waals surface area contributed by atoms with Gasteiger partial charge in [0, 0.05) is 42.7 Å². The minimum atomic E-state index is 0.930. The third kappa shape index (κ3) is 2.59. The molecule has 0 saturated heterocycles. The number of aryl methyl sites for hydroxylation is 1. The van der Waals surface area contributed by atoms with Crippen LogP contribution in [0.2, 0.25) is 0 Å². The molecule has 1 aromatic heterocycles. The van der Waals surface area contributed by atoms with Crippen LogP contribution in [0, 0.1) is 0 Å². The largest absolute Gasteiger partial charge is 0.497 e. The maximum absolute atomic E-state index is 5.38. The van der Waals surface area contributed by atoms with Crippen LogP contribution in [0.3, 0.4) is 0 Å². The highest BCUT2D eigenvalue weighted by molar-refractivity contribution is 5.87. The number of fused-ring (bicyclic) bond motifs is 3. The van der Waals surface area contributed by atoms with E-state index in [1.54, 1.807) is 7.11 Å². The van der Waals surface area contributed by atoms with E-state index < -0.39 is 0 Å². The first-order chi connectivity index (χ1) is 11.8. The van der Waals surface area contributed by atoms with E-state index in [4.69, 9.17) is 4.74 Å². The molecule has 0 bridgehead atoms. The fraction of sp³-hybridized carbons (Fsp3) is 0.333. The summed E-state index contributed by atoms with van der Waals surface area (Å²) in [7, 11) is 1.73. The molecular weight excluding hydrogens is 296 g/mol. The minimum Gasteiger partial charge on any atom is -0.497 e. The second-order valence-electron chi connectivity index (χ2n) is 6.44. The molecule has 2 aromatic carbocycles. The van der Waals surface area contributed by atoms with E-state index in [0.717, 1.165) is 38.2 Å². The topological polar surface area (TPSA) is 26.2 Å². The molecule has 2 heterocycles. The van der Waals surface area contributed by atoms with Crippen molar-refractivity contribution in [2.24, 2.45) is 0 Å². The Bertz CT molecular complexity index is 879. The van der Waals surface area contributed by atoms with Crippen LogP contribution in [-0.4, -0.2) is 24.8 Å². The normalized spacial score (nSPS) is 14.4. The van der Waals surface area contributed by atoms with Crippen molar-refractivity contribution in [3.63, 3.8) is 0 Å². The van der Waals surface area contributed by atoms with Crippen molar-refractivity contribution < 1.29 is 4.74 Å². The van der Waals surface area contributed by atoms with Gasteiger partial charge in [0.1, 0.15) is 5.75 Å². The van der Waals surface area contributed by atoms with E-state index in [0.29, 0.717) is 0 Å². The molecule has 0 spiro atoms. The van der Waals surface area contributed by atoms with Gasteiger partial charge in [-0.15, -0.1) is 0 Å². The van der Waals surface area contributed by atoms with E-state index in [2.05, 4.69) is 59.3 Å². The number of nitrogens with zero attached hydrogens (tertiary/aromatic N) is 1. The van der Waals surface area contributed by atoms with Crippen molar-refractivity contribution in [2.45, 2.75) is 26.3 Å². The summed E-state index contributed by atoms with van der Waals surface area (Å²) in [6.45, 7) is 5.38. The number of aromatic nitrogens is 1. The van der Waals surface area contributed by atoms with E-state index in [1.807, 2.05) is 0 Å². The molecule has 124 valence electrons. The van der Waals surface area contributed by atoms with E-state index in [1.165, 1.54) is 33.3 Å². The van der Waals surface area contributed by atoms with Crippen LogP contribution in [0.25, 0.3) is 22.0 Å². The van der Waals surface area contributed by atoms with Crippen LogP contribution in [-0.2, 0) is 19.4 Å². The average molecular weight is 320 g/mol. The van der Waals surface area contributed by atoms with Crippen LogP contribution >= 0.6 is 0 Å². The van der Waals surface area contributed by atoms with E-state index in [9.17, 15) is 0 Å². The maximum Gasteiger partial charge on any atom is 0.119 e. The first kappa shape index (κ1) is 15.3. The van der Waals surface area contributed by atoms with E-state index in [-0.39, 0.29) is 0 Å². The zero-order valence-electron chi connectivity index (χ0n) is 14.4. The van der Waals surface area contributed by atoms with E-state index >= 15 is 0 Å². The minimum absolute atomic E-state index is 0.930. The lowest BCUT2D eigenvalue weighted by Gasteiger charge is -2.11. The third-order valence-corrected chi connectivity index (χ3v) is 5.06. The predicted molar refractivity (Wildman–Crippen MR) is 99.9 cm³/mol. The number of hydrogen-bond donors (Lipinski definition) is 1. The second kappa shape index (κ2) is 6.33. The van der Waals surface area contributed by atoms with Crippen molar-refractivity contribution >= 4 is 10.9 Å². The van der Waals surface area contributed by atoms with Gasteiger partial charge in [0.05, 0.1) is 7.11 Å². The highest BCUT2D eigenvalue weighted by atomic mass is 16.5. The Morgan fingerprint density at radius 2 is 2.00 bits per heavy atom. The fourth-order valence-corrected chi connectivity index (χ4v) is 3.77. The quantitative estimate of drug-likeness (QED) is 0.789. The van der Waals surface area contributed by atoms with Gasteiger partial charge in [-0.25, -0.2) is 0 Å². The lowest BCUT2D eigenvalue weighted by molar-refractivity contribution is 0.414. The SMILES string of the molecule is CCc1cc(OC)ccc1-c1ccc2c(c1)cc1n2CCNCC1. The molecule has 0 saturated carbocycles. The summed E-state index contributed by atoms with van der Waals surface area (Å²) >= 11 is 0. The number of benzene rings is 2. The van der Waals surface area contributed by atoms with Crippen LogP contribution < -0.4 is 10.1 Å². The Hall–Kier alpha value is -2.26. The van der Waals surface area contributed by atoms with Crippen LogP contribution in [0.1, 0.15) is 18.2 Å². The Morgan fingerprint density at radius 3 is 2.83 bits per heavy atom. The molecule has 1 aliphatic rings.